The van der Waals surface area contributed by atoms with E-state index in [0.717, 1.165) is 25.1 Å². The Morgan fingerprint density at radius 3 is 2.62 bits per heavy atom. The number of hydrogen-bond acceptors (Lipinski definition) is 4. The van der Waals surface area contributed by atoms with Crippen LogP contribution in [-0.2, 0) is 16.3 Å². The van der Waals surface area contributed by atoms with Crippen LogP contribution in [0.15, 0.2) is 23.1 Å². The predicted molar refractivity (Wildman–Crippen MR) is 64.0 cm³/mol. The van der Waals surface area contributed by atoms with Crippen LogP contribution < -0.4 is 11.1 Å². The Kier molecular flexibility index (Phi) is 2.90. The van der Waals surface area contributed by atoms with Gasteiger partial charge in [0.05, 0.1) is 10.6 Å². The molecular weight excluding hydrogens is 224 g/mol. The highest BCUT2D eigenvalue weighted by molar-refractivity contribution is 7.90. The van der Waals surface area contributed by atoms with Crippen LogP contribution >= 0.6 is 0 Å². The number of sulfone groups is 1. The van der Waals surface area contributed by atoms with Crippen molar-refractivity contribution in [3.05, 3.63) is 23.8 Å². The van der Waals surface area contributed by atoms with Crippen molar-refractivity contribution in [1.82, 2.24) is 5.32 Å². The number of nitrogens with one attached hydrogen (secondary N) is 1. The molecule has 0 saturated carbocycles. The third kappa shape index (κ3) is 2.36. The van der Waals surface area contributed by atoms with Crippen LogP contribution in [0.2, 0.25) is 0 Å². The molecule has 0 aliphatic carbocycles. The summed E-state index contributed by atoms with van der Waals surface area (Å²) in [7, 11) is -3.22. The summed E-state index contributed by atoms with van der Waals surface area (Å²) in [5.41, 5.74) is 7.04. The molecule has 5 heteroatoms. The molecule has 0 spiro atoms. The molecule has 88 valence electrons. The third-order valence-corrected chi connectivity index (χ3v) is 4.02. The van der Waals surface area contributed by atoms with E-state index in [1.807, 2.05) is 6.07 Å². The number of nitrogens with two attached hydrogens (primary N) is 1. The lowest BCUT2D eigenvalue weighted by Crippen LogP contribution is -2.43. The summed E-state index contributed by atoms with van der Waals surface area (Å²) in [5, 5.41) is 3.19. The zero-order valence-corrected chi connectivity index (χ0v) is 10.0. The second-order valence-corrected chi connectivity index (χ2v) is 6.36. The Hall–Kier alpha value is -1.07. The van der Waals surface area contributed by atoms with Gasteiger partial charge in [0.1, 0.15) is 0 Å². The summed E-state index contributed by atoms with van der Waals surface area (Å²) in [4.78, 5) is 0.247. The van der Waals surface area contributed by atoms with E-state index in [1.165, 1.54) is 6.26 Å². The molecule has 0 amide bonds. The van der Waals surface area contributed by atoms with Gasteiger partial charge in [-0.25, -0.2) is 8.42 Å². The fourth-order valence-electron chi connectivity index (χ4n) is 1.85. The fraction of sp³-hybridized carbons (Fsp3) is 0.455. The molecule has 3 N–H and O–H groups in total. The number of anilines is 1. The molecule has 1 aliphatic heterocycles. The summed E-state index contributed by atoms with van der Waals surface area (Å²) in [6, 6.07) is 5.28. The number of nitrogen functional groups attached to an aromatic ring is 1. The van der Waals surface area contributed by atoms with Gasteiger partial charge in [-0.1, -0.05) is 6.07 Å². The maximum atomic E-state index is 11.5. The minimum absolute atomic E-state index is 0.247. The molecule has 1 aromatic rings. The van der Waals surface area contributed by atoms with Crippen LogP contribution in [0.4, 0.5) is 5.69 Å². The average molecular weight is 240 g/mol. The maximum Gasteiger partial charge on any atom is 0.177 e. The van der Waals surface area contributed by atoms with Crippen molar-refractivity contribution in [2.24, 2.45) is 5.92 Å². The van der Waals surface area contributed by atoms with Crippen LogP contribution in [0.25, 0.3) is 0 Å². The summed E-state index contributed by atoms with van der Waals surface area (Å²) in [5.74, 6) is 0.621. The Labute approximate surface area is 95.8 Å². The minimum atomic E-state index is -3.22. The highest BCUT2D eigenvalue weighted by atomic mass is 32.2. The van der Waals surface area contributed by atoms with E-state index in [9.17, 15) is 8.42 Å². The predicted octanol–water partition coefficient (Wildman–Crippen LogP) is 0.434. The molecule has 16 heavy (non-hydrogen) atoms. The van der Waals surface area contributed by atoms with Crippen molar-refractivity contribution in [3.8, 4) is 0 Å². The van der Waals surface area contributed by atoms with Crippen molar-refractivity contribution in [2.75, 3.05) is 25.1 Å². The van der Waals surface area contributed by atoms with Gasteiger partial charge >= 0.3 is 0 Å². The Morgan fingerprint density at radius 2 is 2.12 bits per heavy atom. The molecule has 1 aromatic carbocycles. The maximum absolute atomic E-state index is 11.5. The van der Waals surface area contributed by atoms with Gasteiger partial charge < -0.3 is 11.1 Å². The molecule has 1 heterocycles. The number of rotatable bonds is 3. The topological polar surface area (TPSA) is 72.2 Å². The van der Waals surface area contributed by atoms with Gasteiger partial charge in [0, 0.05) is 6.26 Å². The van der Waals surface area contributed by atoms with Gasteiger partial charge in [0.2, 0.25) is 0 Å². The second-order valence-electron chi connectivity index (χ2n) is 4.37. The number of hydrogen-bond donors (Lipinski definition) is 2. The van der Waals surface area contributed by atoms with E-state index in [-0.39, 0.29) is 4.90 Å². The fourth-order valence-corrected chi connectivity index (χ4v) is 2.71. The zero-order chi connectivity index (χ0) is 11.8. The normalized spacial score (nSPS) is 17.1. The SMILES string of the molecule is CS(=O)(=O)c1cc(CC2CNC2)ccc1N. The van der Waals surface area contributed by atoms with E-state index >= 15 is 0 Å². The summed E-state index contributed by atoms with van der Waals surface area (Å²) in [6.07, 6.45) is 2.10. The Bertz CT molecular complexity index is 493. The van der Waals surface area contributed by atoms with Crippen molar-refractivity contribution < 1.29 is 8.42 Å². The molecule has 0 aromatic heterocycles. The van der Waals surface area contributed by atoms with Crippen molar-refractivity contribution in [2.45, 2.75) is 11.3 Å². The highest BCUT2D eigenvalue weighted by Crippen LogP contribution is 2.22. The van der Waals surface area contributed by atoms with Gasteiger partial charge in [-0.3, -0.25) is 0 Å². The van der Waals surface area contributed by atoms with E-state index < -0.39 is 9.84 Å². The van der Waals surface area contributed by atoms with Crippen LogP contribution in [0.5, 0.6) is 0 Å². The number of benzene rings is 1. The van der Waals surface area contributed by atoms with Gasteiger partial charge in [0.25, 0.3) is 0 Å². The molecular formula is C11H16N2O2S. The van der Waals surface area contributed by atoms with Gasteiger partial charge in [-0.05, 0) is 43.1 Å². The van der Waals surface area contributed by atoms with Crippen molar-refractivity contribution >= 4 is 15.5 Å². The highest BCUT2D eigenvalue weighted by Gasteiger charge is 2.18. The first-order valence-electron chi connectivity index (χ1n) is 5.26. The first-order chi connectivity index (χ1) is 7.47. The Balaban J connectivity index is 2.27. The van der Waals surface area contributed by atoms with E-state index in [0.29, 0.717) is 11.6 Å². The molecule has 1 saturated heterocycles. The zero-order valence-electron chi connectivity index (χ0n) is 9.23. The van der Waals surface area contributed by atoms with Gasteiger partial charge in [-0.2, -0.15) is 0 Å². The molecule has 2 rings (SSSR count). The van der Waals surface area contributed by atoms with Crippen LogP contribution in [0.3, 0.4) is 0 Å². The summed E-state index contributed by atoms with van der Waals surface area (Å²) in [6.45, 7) is 2.02. The van der Waals surface area contributed by atoms with E-state index in [1.54, 1.807) is 12.1 Å². The second kappa shape index (κ2) is 4.07. The van der Waals surface area contributed by atoms with E-state index in [2.05, 4.69) is 5.32 Å². The lowest BCUT2D eigenvalue weighted by molar-refractivity contribution is 0.346. The van der Waals surface area contributed by atoms with Gasteiger partial charge in [-0.15, -0.1) is 0 Å². The minimum Gasteiger partial charge on any atom is -0.398 e. The average Bonchev–Trinajstić information content (AvgIpc) is 2.12. The largest absolute Gasteiger partial charge is 0.398 e. The molecule has 0 atom stereocenters. The van der Waals surface area contributed by atoms with Crippen LogP contribution in [0, 0.1) is 5.92 Å². The molecule has 1 fully saturated rings. The molecule has 1 aliphatic rings. The monoisotopic (exact) mass is 240 g/mol. The Morgan fingerprint density at radius 1 is 1.44 bits per heavy atom. The standard InChI is InChI=1S/C11H16N2O2S/c1-16(14,15)11-5-8(2-3-10(11)12)4-9-6-13-7-9/h2-3,5,9,13H,4,6-7,12H2,1H3. The third-order valence-electron chi connectivity index (χ3n) is 2.87. The molecule has 4 nitrogen and oxygen atoms in total. The first kappa shape index (κ1) is 11.4. The van der Waals surface area contributed by atoms with Crippen LogP contribution in [-0.4, -0.2) is 27.8 Å². The lowest BCUT2D eigenvalue weighted by Gasteiger charge is -2.27. The molecule has 0 bridgehead atoms. The quantitative estimate of drug-likeness (QED) is 0.752. The van der Waals surface area contributed by atoms with Gasteiger partial charge in [0.15, 0.2) is 9.84 Å². The molecule has 0 unspecified atom stereocenters. The summed E-state index contributed by atoms with van der Waals surface area (Å²) < 4.78 is 23.0. The molecule has 0 radical (unpaired) electrons. The van der Waals surface area contributed by atoms with Crippen molar-refractivity contribution in [3.63, 3.8) is 0 Å². The van der Waals surface area contributed by atoms with Crippen LogP contribution in [0.1, 0.15) is 5.56 Å². The van der Waals surface area contributed by atoms with E-state index in [4.69, 9.17) is 5.73 Å². The first-order valence-corrected chi connectivity index (χ1v) is 7.15. The lowest BCUT2D eigenvalue weighted by atomic mass is 9.94. The van der Waals surface area contributed by atoms with Crippen molar-refractivity contribution in [1.29, 1.82) is 0 Å². The smallest absolute Gasteiger partial charge is 0.177 e. The summed E-state index contributed by atoms with van der Waals surface area (Å²) >= 11 is 0.